The topological polar surface area (TPSA) is 26.3 Å². The van der Waals surface area contributed by atoms with Crippen molar-refractivity contribution in [3.63, 3.8) is 0 Å². The third kappa shape index (κ3) is 4.81. The summed E-state index contributed by atoms with van der Waals surface area (Å²) >= 11 is 1.53. The first-order valence-electron chi connectivity index (χ1n) is 2.47. The summed E-state index contributed by atoms with van der Waals surface area (Å²) in [6.07, 6.45) is 0.241. The number of halogens is 1. The van der Waals surface area contributed by atoms with Crippen LogP contribution in [0.2, 0.25) is 12.6 Å². The molecule has 0 fully saturated rings. The Morgan fingerprint density at radius 3 is 2.11 bits per heavy atom. The molecule has 46 valence electrons. The molecule has 0 N–H and O–H groups in total. The third-order valence-corrected chi connectivity index (χ3v) is 1.04. The van der Waals surface area contributed by atoms with E-state index in [9.17, 15) is 4.79 Å². The molecule has 0 aromatic rings. The molecule has 0 amide bonds. The van der Waals surface area contributed by atoms with E-state index in [1.165, 1.54) is 22.6 Å². The first kappa shape index (κ1) is 9.33. The van der Waals surface area contributed by atoms with E-state index in [0.717, 1.165) is 0 Å². The average molecular weight is 234 g/mol. The number of rotatable bonds is 3. The van der Waals surface area contributed by atoms with Gasteiger partial charge in [0.2, 0.25) is 0 Å². The normalized spacial score (nSPS) is 9.56. The lowest BCUT2D eigenvalue weighted by Gasteiger charge is -2.10. The van der Waals surface area contributed by atoms with E-state index >= 15 is 0 Å². The molecule has 4 radical (unpaired) electrons. The highest BCUT2D eigenvalue weighted by atomic mass is 127. The zero-order valence-corrected chi connectivity index (χ0v) is 7.00. The molecular weight excluding hydrogens is 229 g/mol. The minimum absolute atomic E-state index is 0.283. The van der Waals surface area contributed by atoms with Crippen LogP contribution in [0.1, 0.15) is 0 Å². The van der Waals surface area contributed by atoms with E-state index in [1.54, 1.807) is 0 Å². The first-order chi connectivity index (χ1) is 4.20. The van der Waals surface area contributed by atoms with Crippen LogP contribution in [0.3, 0.4) is 0 Å². The van der Waals surface area contributed by atoms with Crippen LogP contribution >= 0.6 is 22.6 Å². The second-order valence-corrected chi connectivity index (χ2v) is 2.33. The van der Waals surface area contributed by atoms with Gasteiger partial charge in [0.05, 0.1) is 44.4 Å². The molecule has 2 nitrogen and oxygen atoms in total. The molecule has 0 unspecified atom stereocenters. The molecule has 5 heteroatoms. The Kier molecular flexibility index (Phi) is 5.33. The fourth-order valence-corrected chi connectivity index (χ4v) is 0.683. The van der Waals surface area contributed by atoms with E-state index in [0.29, 0.717) is 0 Å². The van der Waals surface area contributed by atoms with Crippen LogP contribution in [0, 0.1) is 0 Å². The summed E-state index contributed by atoms with van der Waals surface area (Å²) in [7, 11) is 10.3. The summed E-state index contributed by atoms with van der Waals surface area (Å²) in [5.74, 6) is 0. The summed E-state index contributed by atoms with van der Waals surface area (Å²) in [5.41, 5.74) is 0. The van der Waals surface area contributed by atoms with Gasteiger partial charge in [0.25, 0.3) is 0 Å². The monoisotopic (exact) mass is 234 g/mol. The molecule has 0 aliphatic rings. The highest BCUT2D eigenvalue weighted by Crippen LogP contribution is 2.04. The van der Waals surface area contributed by atoms with E-state index in [2.05, 4.69) is 4.74 Å². The van der Waals surface area contributed by atoms with Crippen LogP contribution in [-0.4, -0.2) is 25.8 Å². The van der Waals surface area contributed by atoms with Crippen molar-refractivity contribution in [1.29, 1.82) is 0 Å². The lowest BCUT2D eigenvalue weighted by atomic mass is 9.89. The van der Waals surface area contributed by atoms with Gasteiger partial charge in [-0.1, -0.05) is 12.6 Å². The molecule has 0 bridgehead atoms. The molecule has 0 saturated heterocycles. The van der Waals surface area contributed by atoms with Gasteiger partial charge in [-0.05, 0) is 0 Å². The third-order valence-electron chi connectivity index (χ3n) is 0.785. The van der Waals surface area contributed by atoms with Crippen LogP contribution in [0.25, 0.3) is 0 Å². The van der Waals surface area contributed by atoms with E-state index < -0.39 is 0 Å². The molecule has 0 saturated carbocycles. The van der Waals surface area contributed by atoms with Crippen LogP contribution < -0.4 is 0 Å². The molecule has 0 spiro atoms. The van der Waals surface area contributed by atoms with Gasteiger partial charge in [0.15, 0.2) is 0 Å². The molecule has 0 aromatic carbocycles. The standard InChI is InChI=1S/C4H5B2IO2/c5-1-3(2-6)9-4(7)8/h3H,1-2H2. The van der Waals surface area contributed by atoms with E-state index in [1.807, 2.05) is 0 Å². The summed E-state index contributed by atoms with van der Waals surface area (Å²) in [6.45, 7) is 0. The minimum atomic E-state index is -0.367. The van der Waals surface area contributed by atoms with Crippen LogP contribution in [0.15, 0.2) is 0 Å². The van der Waals surface area contributed by atoms with Gasteiger partial charge in [-0.3, -0.25) is 0 Å². The number of hydrogen-bond donors (Lipinski definition) is 0. The van der Waals surface area contributed by atoms with Gasteiger partial charge in [-0.25, -0.2) is 4.79 Å². The van der Waals surface area contributed by atoms with E-state index in [4.69, 9.17) is 15.7 Å². The predicted molar refractivity (Wildman–Crippen MR) is 45.4 cm³/mol. The maximum absolute atomic E-state index is 10.2. The van der Waals surface area contributed by atoms with Crippen molar-refractivity contribution in [3.05, 3.63) is 0 Å². The lowest BCUT2D eigenvalue weighted by Crippen LogP contribution is -2.12. The fraction of sp³-hybridized carbons (Fsp3) is 0.750. The number of ether oxygens (including phenoxy) is 1. The van der Waals surface area contributed by atoms with Crippen LogP contribution in [-0.2, 0) is 4.74 Å². The highest BCUT2D eigenvalue weighted by Gasteiger charge is 2.04. The van der Waals surface area contributed by atoms with Crippen molar-refractivity contribution in [3.8, 4) is 0 Å². The van der Waals surface area contributed by atoms with Crippen molar-refractivity contribution >= 4 is 42.3 Å². The average Bonchev–Trinajstić information content (AvgIpc) is 1.82. The predicted octanol–water partition coefficient (Wildman–Crippen LogP) is 1.10. The minimum Gasteiger partial charge on any atom is -0.456 e. The molecule has 0 rings (SSSR count). The summed E-state index contributed by atoms with van der Waals surface area (Å²) in [5, 5.41) is 0. The quantitative estimate of drug-likeness (QED) is 0.415. The van der Waals surface area contributed by atoms with Gasteiger partial charge in [0.1, 0.15) is 0 Å². The molecule has 0 heterocycles. The van der Waals surface area contributed by atoms with E-state index in [-0.39, 0.29) is 22.7 Å². The summed E-state index contributed by atoms with van der Waals surface area (Å²) < 4.78 is 4.28. The smallest absolute Gasteiger partial charge is 0.367 e. The number of carbonyl (C=O) groups excluding carboxylic acids is 1. The van der Waals surface area contributed by atoms with Crippen LogP contribution in [0.4, 0.5) is 4.79 Å². The molecular formula is C4H5B2IO2. The summed E-state index contributed by atoms with van der Waals surface area (Å²) in [6, 6.07) is 0. The Labute approximate surface area is 70.7 Å². The molecule has 0 aromatic heterocycles. The largest absolute Gasteiger partial charge is 0.456 e. The Morgan fingerprint density at radius 2 is 2.00 bits per heavy atom. The van der Waals surface area contributed by atoms with Crippen LogP contribution in [0.5, 0.6) is 0 Å². The SMILES string of the molecule is [B]CC(C[B])OC(=O)I. The van der Waals surface area contributed by atoms with Crippen molar-refractivity contribution in [2.75, 3.05) is 0 Å². The second-order valence-electron chi connectivity index (χ2n) is 1.45. The Morgan fingerprint density at radius 1 is 1.56 bits per heavy atom. The van der Waals surface area contributed by atoms with Gasteiger partial charge < -0.3 is 4.74 Å². The highest BCUT2D eigenvalue weighted by molar-refractivity contribution is 14.1. The Balaban J connectivity index is 3.43. The molecule has 0 atom stereocenters. The molecule has 0 aliphatic heterocycles. The van der Waals surface area contributed by atoms with Crippen molar-refractivity contribution in [1.82, 2.24) is 0 Å². The maximum atomic E-state index is 10.2. The number of hydrogen-bond acceptors (Lipinski definition) is 2. The van der Waals surface area contributed by atoms with Gasteiger partial charge >= 0.3 is 3.98 Å². The van der Waals surface area contributed by atoms with Crippen molar-refractivity contribution in [2.24, 2.45) is 0 Å². The van der Waals surface area contributed by atoms with Gasteiger partial charge in [-0.15, -0.1) is 0 Å². The van der Waals surface area contributed by atoms with Crippen molar-refractivity contribution in [2.45, 2.75) is 18.7 Å². The maximum Gasteiger partial charge on any atom is 0.367 e. The second kappa shape index (κ2) is 5.14. The first-order valence-corrected chi connectivity index (χ1v) is 3.54. The zero-order chi connectivity index (χ0) is 7.28. The molecule has 0 aliphatic carbocycles. The lowest BCUT2D eigenvalue weighted by molar-refractivity contribution is 0.146. The molecule has 9 heavy (non-hydrogen) atoms. The number of carbonyl (C=O) groups is 1. The van der Waals surface area contributed by atoms with Gasteiger partial charge in [-0.2, -0.15) is 0 Å². The summed E-state index contributed by atoms with van der Waals surface area (Å²) in [4.78, 5) is 10.2. The Hall–Kier alpha value is 0.330. The van der Waals surface area contributed by atoms with Crippen molar-refractivity contribution < 1.29 is 9.53 Å². The zero-order valence-electron chi connectivity index (χ0n) is 4.84. The van der Waals surface area contributed by atoms with Gasteiger partial charge in [0, 0.05) is 0 Å². The Bertz CT molecular complexity index is 94.6. The fourth-order valence-electron chi connectivity index (χ4n) is 0.323.